The van der Waals surface area contributed by atoms with Crippen molar-refractivity contribution < 1.29 is 19.4 Å². The van der Waals surface area contributed by atoms with Crippen LogP contribution >= 0.6 is 0 Å². The lowest BCUT2D eigenvalue weighted by Gasteiger charge is -2.32. The van der Waals surface area contributed by atoms with Crippen LogP contribution in [0.25, 0.3) is 0 Å². The van der Waals surface area contributed by atoms with Gasteiger partial charge in [-0.15, -0.1) is 0 Å². The summed E-state index contributed by atoms with van der Waals surface area (Å²) in [5, 5.41) is 10.7. The van der Waals surface area contributed by atoms with Crippen LogP contribution in [0.15, 0.2) is 42.5 Å². The fourth-order valence-corrected chi connectivity index (χ4v) is 4.07. The quantitative estimate of drug-likeness (QED) is 0.787. The highest BCUT2D eigenvalue weighted by Crippen LogP contribution is 2.25. The second-order valence-electron chi connectivity index (χ2n) is 7.77. The van der Waals surface area contributed by atoms with Crippen LogP contribution in [0.1, 0.15) is 38.8 Å². The van der Waals surface area contributed by atoms with E-state index in [1.54, 1.807) is 23.1 Å². The number of aliphatic hydroxyl groups is 1. The lowest BCUT2D eigenvalue weighted by Crippen LogP contribution is -2.44. The normalized spacial score (nSPS) is 17.7. The van der Waals surface area contributed by atoms with E-state index in [9.17, 15) is 14.7 Å². The first-order valence-corrected chi connectivity index (χ1v) is 10.1. The van der Waals surface area contributed by atoms with Crippen molar-refractivity contribution >= 4 is 11.7 Å². The number of fused-ring (bicyclic) bond motifs is 2. The Hall–Kier alpha value is -2.70. The zero-order valence-corrected chi connectivity index (χ0v) is 16.6. The molecule has 0 radical (unpaired) electrons. The summed E-state index contributed by atoms with van der Waals surface area (Å²) < 4.78 is 5.70. The number of ketones is 1. The van der Waals surface area contributed by atoms with E-state index in [-0.39, 0.29) is 18.2 Å². The molecule has 2 heterocycles. The van der Waals surface area contributed by atoms with Crippen LogP contribution in [-0.4, -0.2) is 65.5 Å². The van der Waals surface area contributed by atoms with Gasteiger partial charge in [-0.05, 0) is 36.6 Å². The molecule has 152 valence electrons. The van der Waals surface area contributed by atoms with Gasteiger partial charge in [-0.2, -0.15) is 0 Å². The highest BCUT2D eigenvalue weighted by Gasteiger charge is 2.27. The molecule has 1 unspecified atom stereocenters. The van der Waals surface area contributed by atoms with E-state index >= 15 is 0 Å². The highest BCUT2D eigenvalue weighted by molar-refractivity contribution is 6.00. The number of nitrogens with zero attached hydrogens (tertiary/aromatic N) is 2. The number of hydrogen-bond donors (Lipinski definition) is 1. The van der Waals surface area contributed by atoms with Crippen molar-refractivity contribution in [1.82, 2.24) is 9.80 Å². The van der Waals surface area contributed by atoms with Gasteiger partial charge in [0.15, 0.2) is 5.78 Å². The molecule has 6 heteroatoms. The third-order valence-corrected chi connectivity index (χ3v) is 5.63. The highest BCUT2D eigenvalue weighted by atomic mass is 16.5. The number of ether oxygens (including phenoxy) is 1. The first-order chi connectivity index (χ1) is 14.0. The predicted octanol–water partition coefficient (Wildman–Crippen LogP) is 2.14. The SMILES string of the molecule is CC(=O)c1ccc2c(c1)OCCN(CC(O)CN1CCc3ccccc3C1)C2=O. The van der Waals surface area contributed by atoms with Gasteiger partial charge >= 0.3 is 0 Å². The van der Waals surface area contributed by atoms with Gasteiger partial charge in [-0.3, -0.25) is 14.5 Å². The number of benzene rings is 2. The maximum Gasteiger partial charge on any atom is 0.257 e. The molecule has 1 N–H and O–H groups in total. The van der Waals surface area contributed by atoms with E-state index in [4.69, 9.17) is 4.74 Å². The Morgan fingerprint density at radius 1 is 1.14 bits per heavy atom. The summed E-state index contributed by atoms with van der Waals surface area (Å²) in [5.41, 5.74) is 3.64. The lowest BCUT2D eigenvalue weighted by atomic mass is 10.00. The minimum Gasteiger partial charge on any atom is -0.491 e. The maximum absolute atomic E-state index is 12.9. The van der Waals surface area contributed by atoms with Gasteiger partial charge in [-0.25, -0.2) is 0 Å². The smallest absolute Gasteiger partial charge is 0.257 e. The fourth-order valence-electron chi connectivity index (χ4n) is 4.07. The number of β-amino-alcohol motifs (C(OH)–C–C–N with tert-alkyl or cyclic N) is 1. The molecule has 0 aromatic heterocycles. The standard InChI is InChI=1S/C23H26N2O4/c1-16(26)18-6-7-21-22(12-18)29-11-10-25(23(21)28)15-20(27)14-24-9-8-17-4-2-3-5-19(17)13-24/h2-7,12,20,27H,8-11,13-15H2,1H3. The molecule has 4 rings (SSSR count). The van der Waals surface area contributed by atoms with Crippen LogP contribution < -0.4 is 4.74 Å². The van der Waals surface area contributed by atoms with E-state index in [0.717, 1.165) is 19.5 Å². The summed E-state index contributed by atoms with van der Waals surface area (Å²) in [6, 6.07) is 13.3. The molecule has 29 heavy (non-hydrogen) atoms. The number of rotatable bonds is 5. The molecule has 0 saturated carbocycles. The van der Waals surface area contributed by atoms with Gasteiger partial charge in [0.05, 0.1) is 18.2 Å². The summed E-state index contributed by atoms with van der Waals surface area (Å²) in [6.07, 6.45) is 0.341. The Morgan fingerprint density at radius 3 is 2.72 bits per heavy atom. The molecule has 6 nitrogen and oxygen atoms in total. The zero-order valence-electron chi connectivity index (χ0n) is 16.6. The number of amides is 1. The van der Waals surface area contributed by atoms with Crippen molar-refractivity contribution in [1.29, 1.82) is 0 Å². The van der Waals surface area contributed by atoms with E-state index in [1.165, 1.54) is 18.1 Å². The van der Waals surface area contributed by atoms with Gasteiger partial charge in [0, 0.05) is 31.7 Å². The summed E-state index contributed by atoms with van der Waals surface area (Å²) in [6.45, 7) is 4.74. The van der Waals surface area contributed by atoms with Crippen LogP contribution in [-0.2, 0) is 13.0 Å². The Kier molecular flexibility index (Phi) is 5.65. The van der Waals surface area contributed by atoms with Gasteiger partial charge in [-0.1, -0.05) is 30.3 Å². The fraction of sp³-hybridized carbons (Fsp3) is 0.391. The number of Topliss-reactive ketones (excluding diaryl/α,β-unsaturated/α-hetero) is 1. The van der Waals surface area contributed by atoms with Gasteiger partial charge in [0.1, 0.15) is 12.4 Å². The lowest BCUT2D eigenvalue weighted by molar-refractivity contribution is 0.0501. The third-order valence-electron chi connectivity index (χ3n) is 5.63. The number of aliphatic hydroxyl groups excluding tert-OH is 1. The monoisotopic (exact) mass is 394 g/mol. The maximum atomic E-state index is 12.9. The minimum atomic E-state index is -0.637. The molecule has 0 aliphatic carbocycles. The average molecular weight is 394 g/mol. The van der Waals surface area contributed by atoms with Crippen molar-refractivity contribution in [2.45, 2.75) is 26.0 Å². The molecule has 1 atom stereocenters. The number of hydrogen-bond acceptors (Lipinski definition) is 5. The van der Waals surface area contributed by atoms with Crippen molar-refractivity contribution in [2.75, 3.05) is 32.8 Å². The van der Waals surface area contributed by atoms with Crippen molar-refractivity contribution in [2.24, 2.45) is 0 Å². The Bertz CT molecular complexity index is 927. The second-order valence-corrected chi connectivity index (χ2v) is 7.77. The molecule has 2 aromatic carbocycles. The molecule has 2 aliphatic rings. The molecule has 0 spiro atoms. The zero-order chi connectivity index (χ0) is 20.4. The topological polar surface area (TPSA) is 70.1 Å². The largest absolute Gasteiger partial charge is 0.491 e. The van der Waals surface area contributed by atoms with E-state index in [1.807, 2.05) is 6.07 Å². The third kappa shape index (κ3) is 4.33. The number of carbonyl (C=O) groups is 2. The Labute approximate surface area is 170 Å². The van der Waals surface area contributed by atoms with E-state index in [2.05, 4.69) is 23.1 Å². The summed E-state index contributed by atoms with van der Waals surface area (Å²) in [4.78, 5) is 28.4. The second kappa shape index (κ2) is 8.35. The van der Waals surface area contributed by atoms with Crippen LogP contribution in [0.5, 0.6) is 5.75 Å². The van der Waals surface area contributed by atoms with Gasteiger partial charge in [0.2, 0.25) is 0 Å². The average Bonchev–Trinajstić information content (AvgIpc) is 2.86. The van der Waals surface area contributed by atoms with Gasteiger partial charge < -0.3 is 14.7 Å². The Morgan fingerprint density at radius 2 is 1.93 bits per heavy atom. The van der Waals surface area contributed by atoms with Gasteiger partial charge in [0.25, 0.3) is 5.91 Å². The molecule has 2 aliphatic heterocycles. The van der Waals surface area contributed by atoms with E-state index in [0.29, 0.717) is 36.6 Å². The van der Waals surface area contributed by atoms with Crippen molar-refractivity contribution in [3.63, 3.8) is 0 Å². The molecular weight excluding hydrogens is 368 g/mol. The van der Waals surface area contributed by atoms with Crippen LogP contribution in [0.4, 0.5) is 0 Å². The summed E-state index contributed by atoms with van der Waals surface area (Å²) in [5.74, 6) is 0.200. The van der Waals surface area contributed by atoms with Crippen molar-refractivity contribution in [3.05, 3.63) is 64.7 Å². The summed E-state index contributed by atoms with van der Waals surface area (Å²) >= 11 is 0. The van der Waals surface area contributed by atoms with Crippen LogP contribution in [0.3, 0.4) is 0 Å². The van der Waals surface area contributed by atoms with Crippen LogP contribution in [0.2, 0.25) is 0 Å². The van der Waals surface area contributed by atoms with Crippen LogP contribution in [0, 0.1) is 0 Å². The molecule has 1 amide bonds. The minimum absolute atomic E-state index is 0.0662. The predicted molar refractivity (Wildman–Crippen MR) is 109 cm³/mol. The van der Waals surface area contributed by atoms with Crippen molar-refractivity contribution in [3.8, 4) is 5.75 Å². The molecule has 2 aromatic rings. The Balaban J connectivity index is 1.40. The molecule has 0 saturated heterocycles. The molecule has 0 fully saturated rings. The summed E-state index contributed by atoms with van der Waals surface area (Å²) in [7, 11) is 0. The first-order valence-electron chi connectivity index (χ1n) is 10.1. The number of carbonyl (C=O) groups excluding carboxylic acids is 2. The van der Waals surface area contributed by atoms with E-state index < -0.39 is 6.10 Å². The first kappa shape index (κ1) is 19.6. The molecule has 0 bridgehead atoms. The molecular formula is C23H26N2O4.